The molecule has 0 aromatic heterocycles. The molecule has 0 aliphatic carbocycles. The molecule has 0 amide bonds. The highest BCUT2D eigenvalue weighted by Gasteiger charge is 2.00. The second kappa shape index (κ2) is 3.81. The van der Waals surface area contributed by atoms with E-state index < -0.39 is 0 Å². The zero-order valence-corrected chi connectivity index (χ0v) is 7.41. The van der Waals surface area contributed by atoms with Crippen molar-refractivity contribution in [1.29, 1.82) is 0 Å². The summed E-state index contributed by atoms with van der Waals surface area (Å²) >= 11 is 0. The second-order valence-corrected chi connectivity index (χ2v) is 2.48. The second-order valence-electron chi connectivity index (χ2n) is 2.48. The van der Waals surface area contributed by atoms with Crippen LogP contribution in [0.3, 0.4) is 0 Å². The average molecular weight is 160 g/mol. The highest BCUT2D eigenvalue weighted by molar-refractivity contribution is 6.02. The highest BCUT2D eigenvalue weighted by Crippen LogP contribution is 2.18. The van der Waals surface area contributed by atoms with E-state index in [-0.39, 0.29) is 0 Å². The maximum atomic E-state index is 4.10. The highest BCUT2D eigenvalue weighted by atomic mass is 14.7. The van der Waals surface area contributed by atoms with E-state index in [9.17, 15) is 0 Å². The quantitative estimate of drug-likeness (QED) is 0.594. The van der Waals surface area contributed by atoms with Gasteiger partial charge in [-0.15, -0.1) is 0 Å². The topological polar surface area (TPSA) is 24.7 Å². The first-order valence-electron chi connectivity index (χ1n) is 3.79. The van der Waals surface area contributed by atoms with E-state index in [4.69, 9.17) is 0 Å². The number of aliphatic imine (C=N–C) groups is 2. The molecule has 62 valence electrons. The normalized spacial score (nSPS) is 11.3. The van der Waals surface area contributed by atoms with Crippen molar-refractivity contribution in [2.24, 2.45) is 9.98 Å². The fourth-order valence-corrected chi connectivity index (χ4v) is 1.04. The zero-order valence-electron chi connectivity index (χ0n) is 7.41. The smallest absolute Gasteiger partial charge is 0.0712 e. The summed E-state index contributed by atoms with van der Waals surface area (Å²) in [6, 6.07) is 7.83. The van der Waals surface area contributed by atoms with Crippen molar-refractivity contribution in [3.63, 3.8) is 0 Å². The Morgan fingerprint density at radius 3 is 2.58 bits per heavy atom. The summed E-state index contributed by atoms with van der Waals surface area (Å²) in [6.07, 6.45) is 0. The molecule has 0 heterocycles. The minimum Gasteiger partial charge on any atom is -0.293 e. The zero-order chi connectivity index (χ0) is 8.97. The van der Waals surface area contributed by atoms with Crippen molar-refractivity contribution in [3.05, 3.63) is 29.8 Å². The fraction of sp³-hybridized carbons (Fsp3) is 0.200. The molecule has 0 spiro atoms. The molecule has 1 aromatic rings. The average Bonchev–Trinajstić information content (AvgIpc) is 2.16. The standard InChI is InChI=1S/C10H12N2/c1-8(11-2)9-6-4-5-7-10(9)12-3/h4-7H,3H2,1-2H3. The van der Waals surface area contributed by atoms with Gasteiger partial charge in [0.1, 0.15) is 0 Å². The summed E-state index contributed by atoms with van der Waals surface area (Å²) in [5.41, 5.74) is 2.92. The maximum absolute atomic E-state index is 4.10. The van der Waals surface area contributed by atoms with Gasteiger partial charge in [-0.05, 0) is 19.7 Å². The Labute approximate surface area is 72.7 Å². The Kier molecular flexibility index (Phi) is 2.75. The van der Waals surface area contributed by atoms with Gasteiger partial charge in [0.05, 0.1) is 5.69 Å². The van der Waals surface area contributed by atoms with Crippen molar-refractivity contribution < 1.29 is 0 Å². The minimum absolute atomic E-state index is 0.889. The van der Waals surface area contributed by atoms with Gasteiger partial charge in [0.15, 0.2) is 0 Å². The summed E-state index contributed by atoms with van der Waals surface area (Å²) < 4.78 is 0. The van der Waals surface area contributed by atoms with Crippen LogP contribution >= 0.6 is 0 Å². The van der Waals surface area contributed by atoms with Gasteiger partial charge in [-0.2, -0.15) is 0 Å². The van der Waals surface area contributed by atoms with E-state index >= 15 is 0 Å². The maximum Gasteiger partial charge on any atom is 0.0712 e. The van der Waals surface area contributed by atoms with E-state index in [1.807, 2.05) is 31.2 Å². The van der Waals surface area contributed by atoms with Gasteiger partial charge in [-0.1, -0.05) is 18.2 Å². The third-order valence-corrected chi connectivity index (χ3v) is 1.80. The molecule has 0 aliphatic heterocycles. The van der Waals surface area contributed by atoms with Crippen LogP contribution in [0.15, 0.2) is 34.3 Å². The number of hydrogen-bond donors (Lipinski definition) is 0. The lowest BCUT2D eigenvalue weighted by molar-refractivity contribution is 1.40. The summed E-state index contributed by atoms with van der Waals surface area (Å²) in [5.74, 6) is 0. The van der Waals surface area contributed by atoms with Gasteiger partial charge < -0.3 is 0 Å². The third-order valence-electron chi connectivity index (χ3n) is 1.80. The largest absolute Gasteiger partial charge is 0.293 e. The van der Waals surface area contributed by atoms with Crippen LogP contribution in [0.4, 0.5) is 5.69 Å². The van der Waals surface area contributed by atoms with Crippen LogP contribution in [-0.2, 0) is 0 Å². The Balaban J connectivity index is 3.22. The molecule has 1 aromatic carbocycles. The molecule has 0 bridgehead atoms. The van der Waals surface area contributed by atoms with Crippen molar-refractivity contribution in [1.82, 2.24) is 0 Å². The van der Waals surface area contributed by atoms with Crippen LogP contribution in [0.25, 0.3) is 0 Å². The number of benzene rings is 1. The van der Waals surface area contributed by atoms with E-state index in [0.29, 0.717) is 0 Å². The van der Waals surface area contributed by atoms with Crippen LogP contribution in [0.2, 0.25) is 0 Å². The van der Waals surface area contributed by atoms with Crippen LogP contribution in [-0.4, -0.2) is 19.5 Å². The predicted molar refractivity (Wildman–Crippen MR) is 53.8 cm³/mol. The van der Waals surface area contributed by atoms with Crippen molar-refractivity contribution in [2.75, 3.05) is 7.05 Å². The van der Waals surface area contributed by atoms with Crippen LogP contribution in [0.5, 0.6) is 0 Å². The molecule has 0 fully saturated rings. The molecular formula is C10H12N2. The molecule has 0 unspecified atom stereocenters. The first-order chi connectivity index (χ1) is 5.79. The molecule has 2 heteroatoms. The molecule has 0 N–H and O–H groups in total. The molecule has 12 heavy (non-hydrogen) atoms. The van der Waals surface area contributed by atoms with Gasteiger partial charge in [-0.25, -0.2) is 0 Å². The van der Waals surface area contributed by atoms with Crippen LogP contribution in [0.1, 0.15) is 12.5 Å². The molecule has 0 atom stereocenters. The summed E-state index contributed by atoms with van der Waals surface area (Å²) in [7, 11) is 1.77. The lowest BCUT2D eigenvalue weighted by atomic mass is 10.1. The van der Waals surface area contributed by atoms with E-state index in [1.54, 1.807) is 7.05 Å². The summed E-state index contributed by atoms with van der Waals surface area (Å²) in [5, 5.41) is 0. The predicted octanol–water partition coefficient (Wildman–Crippen LogP) is 2.46. The third kappa shape index (κ3) is 1.59. The van der Waals surface area contributed by atoms with Gasteiger partial charge in [0.2, 0.25) is 0 Å². The van der Waals surface area contributed by atoms with Crippen LogP contribution in [0, 0.1) is 0 Å². The number of hydrogen-bond acceptors (Lipinski definition) is 2. The van der Waals surface area contributed by atoms with Crippen molar-refractivity contribution >= 4 is 18.1 Å². The van der Waals surface area contributed by atoms with E-state index in [1.165, 1.54) is 0 Å². The number of rotatable bonds is 2. The molecule has 0 saturated carbocycles. The molecule has 0 saturated heterocycles. The van der Waals surface area contributed by atoms with Gasteiger partial charge in [0, 0.05) is 18.3 Å². The summed E-state index contributed by atoms with van der Waals surface area (Å²) in [6.45, 7) is 5.47. The molecule has 1 rings (SSSR count). The Bertz CT molecular complexity index is 313. The molecular weight excluding hydrogens is 148 g/mol. The van der Waals surface area contributed by atoms with Crippen molar-refractivity contribution in [2.45, 2.75) is 6.92 Å². The lowest BCUT2D eigenvalue weighted by Crippen LogP contribution is -1.93. The SMILES string of the molecule is C=Nc1ccccc1C(C)=NC. The number of para-hydroxylation sites is 1. The summed E-state index contributed by atoms with van der Waals surface area (Å²) in [4.78, 5) is 8.00. The lowest BCUT2D eigenvalue weighted by Gasteiger charge is -2.02. The molecule has 0 radical (unpaired) electrons. The monoisotopic (exact) mass is 160 g/mol. The first kappa shape index (κ1) is 8.65. The Hall–Kier alpha value is -1.44. The minimum atomic E-state index is 0.889. The van der Waals surface area contributed by atoms with E-state index in [0.717, 1.165) is 17.0 Å². The molecule has 2 nitrogen and oxygen atoms in total. The van der Waals surface area contributed by atoms with E-state index in [2.05, 4.69) is 16.7 Å². The Morgan fingerprint density at radius 1 is 1.33 bits per heavy atom. The van der Waals surface area contributed by atoms with Crippen LogP contribution < -0.4 is 0 Å². The van der Waals surface area contributed by atoms with Gasteiger partial charge in [0.25, 0.3) is 0 Å². The first-order valence-corrected chi connectivity index (χ1v) is 3.79. The van der Waals surface area contributed by atoms with Crippen molar-refractivity contribution in [3.8, 4) is 0 Å². The fourth-order valence-electron chi connectivity index (χ4n) is 1.04. The van der Waals surface area contributed by atoms with Gasteiger partial charge >= 0.3 is 0 Å². The number of nitrogens with zero attached hydrogens (tertiary/aromatic N) is 2. The van der Waals surface area contributed by atoms with Gasteiger partial charge in [-0.3, -0.25) is 9.98 Å². The Morgan fingerprint density at radius 2 is 2.00 bits per heavy atom. The molecule has 0 aliphatic rings.